The van der Waals surface area contributed by atoms with E-state index in [9.17, 15) is 18.8 Å². The predicted octanol–water partition coefficient (Wildman–Crippen LogP) is 2.90. The van der Waals surface area contributed by atoms with Crippen LogP contribution in [0, 0.1) is 11.2 Å². The number of hydrogen-bond donors (Lipinski definition) is 3. The fraction of sp³-hybridized carbons (Fsp3) is 0.472. The number of imidazole rings is 2. The molecule has 0 aliphatic carbocycles. The third-order valence-electron chi connectivity index (χ3n) is 9.09. The molecule has 1 aliphatic heterocycles. The number of likely N-dealkylation sites (N-methyl/N-ethyl adjacent to an activating group) is 1. The number of fused-ring (bicyclic) bond motifs is 1. The van der Waals surface area contributed by atoms with Crippen LogP contribution in [-0.2, 0) is 18.3 Å². The number of carbonyl (C=O) groups excluding carboxylic acids is 3. The summed E-state index contributed by atoms with van der Waals surface area (Å²) in [6.07, 6.45) is 7.69. The molecule has 1 saturated heterocycles. The van der Waals surface area contributed by atoms with E-state index in [2.05, 4.69) is 25.9 Å². The van der Waals surface area contributed by atoms with Crippen molar-refractivity contribution in [1.82, 2.24) is 44.7 Å². The number of carbonyl (C=O) groups is 3. The van der Waals surface area contributed by atoms with Crippen molar-refractivity contribution in [2.45, 2.75) is 64.7 Å². The second kappa shape index (κ2) is 15.3. The summed E-state index contributed by atoms with van der Waals surface area (Å²) in [5, 5.41) is 9.78. The van der Waals surface area contributed by atoms with Crippen molar-refractivity contribution in [1.29, 1.82) is 0 Å². The number of aromatic nitrogens is 4. The van der Waals surface area contributed by atoms with E-state index in [1.54, 1.807) is 51.8 Å². The number of pyridine rings is 1. The summed E-state index contributed by atoms with van der Waals surface area (Å²) in [6, 6.07) is 10.7. The zero-order valence-electron chi connectivity index (χ0n) is 29.2. The first-order chi connectivity index (χ1) is 23.3. The number of nitrogens with zero attached hydrogens (tertiary/aromatic N) is 6. The van der Waals surface area contributed by atoms with E-state index < -0.39 is 17.5 Å². The summed E-state index contributed by atoms with van der Waals surface area (Å²) in [7, 11) is 3.68. The summed E-state index contributed by atoms with van der Waals surface area (Å²) in [5.41, 5.74) is 1.69. The van der Waals surface area contributed by atoms with Gasteiger partial charge in [0.2, 0.25) is 5.91 Å². The standard InChI is InChI=1S/C36H48FN9O3/c1-24(38-5)18-39-32(36(2,3)4)35(49)46-19-27(41-33(47)29-21-43(6)23-40-29)17-28(46)20-45(16-14-25-10-12-26(37)13-11-25)34(48)30-22-44-15-8-7-9-31(44)42-30/h7-13,15,21-24,27-28,32,38-39H,14,16-20H2,1-6H3,(H,41,47)/t24-,27-,28?,32+/m0/s1. The summed E-state index contributed by atoms with van der Waals surface area (Å²) < 4.78 is 17.2. The molecule has 4 aromatic rings. The fourth-order valence-electron chi connectivity index (χ4n) is 6.23. The normalized spacial score (nSPS) is 17.7. The molecule has 4 atom stereocenters. The van der Waals surface area contributed by atoms with E-state index in [-0.39, 0.29) is 54.4 Å². The van der Waals surface area contributed by atoms with Gasteiger partial charge in [0.25, 0.3) is 11.8 Å². The van der Waals surface area contributed by atoms with E-state index in [0.29, 0.717) is 37.3 Å². The molecule has 0 radical (unpaired) electrons. The highest BCUT2D eigenvalue weighted by atomic mass is 19.1. The molecule has 3 aromatic heterocycles. The van der Waals surface area contributed by atoms with Crippen LogP contribution in [0.2, 0.25) is 0 Å². The molecule has 49 heavy (non-hydrogen) atoms. The molecule has 0 spiro atoms. The Morgan fingerprint density at radius 1 is 1.08 bits per heavy atom. The minimum Gasteiger partial charge on any atom is -0.346 e. The minimum absolute atomic E-state index is 0.0888. The average Bonchev–Trinajstić information content (AvgIpc) is 3.81. The molecule has 1 fully saturated rings. The maximum absolute atomic E-state index is 14.5. The van der Waals surface area contributed by atoms with Gasteiger partial charge in [-0.25, -0.2) is 14.4 Å². The van der Waals surface area contributed by atoms with Gasteiger partial charge in [0.05, 0.1) is 18.4 Å². The molecule has 1 aliphatic rings. The molecule has 12 nitrogen and oxygen atoms in total. The fourth-order valence-corrected chi connectivity index (χ4v) is 6.23. The largest absolute Gasteiger partial charge is 0.346 e. The molecule has 5 rings (SSSR count). The van der Waals surface area contributed by atoms with Crippen LogP contribution in [0.15, 0.2) is 67.4 Å². The molecule has 3 N–H and O–H groups in total. The molecule has 0 bridgehead atoms. The molecule has 1 unspecified atom stereocenters. The number of nitrogens with one attached hydrogen (secondary N) is 3. The molecule has 3 amide bonds. The van der Waals surface area contributed by atoms with Gasteiger partial charge in [0.15, 0.2) is 0 Å². The van der Waals surface area contributed by atoms with Gasteiger partial charge in [-0.1, -0.05) is 39.0 Å². The second-order valence-electron chi connectivity index (χ2n) is 14.1. The Balaban J connectivity index is 1.44. The lowest BCUT2D eigenvalue weighted by Gasteiger charge is -2.37. The van der Waals surface area contributed by atoms with E-state index in [1.807, 2.05) is 64.0 Å². The lowest BCUT2D eigenvalue weighted by molar-refractivity contribution is -0.137. The van der Waals surface area contributed by atoms with Crippen molar-refractivity contribution in [3.05, 3.63) is 90.2 Å². The summed E-state index contributed by atoms with van der Waals surface area (Å²) in [5.74, 6) is -1.01. The number of amides is 3. The molecule has 0 saturated carbocycles. The Hall–Kier alpha value is -4.62. The van der Waals surface area contributed by atoms with Crippen LogP contribution in [0.1, 0.15) is 60.7 Å². The van der Waals surface area contributed by atoms with Crippen molar-refractivity contribution < 1.29 is 18.8 Å². The first kappa shape index (κ1) is 35.7. The van der Waals surface area contributed by atoms with Crippen molar-refractivity contribution in [2.24, 2.45) is 12.5 Å². The van der Waals surface area contributed by atoms with Crippen LogP contribution >= 0.6 is 0 Å². The number of likely N-dealkylation sites (tertiary alicyclic amines) is 1. The van der Waals surface area contributed by atoms with Gasteiger partial charge < -0.3 is 34.7 Å². The highest BCUT2D eigenvalue weighted by Gasteiger charge is 2.43. The molecule has 262 valence electrons. The topological polar surface area (TPSA) is 129 Å². The van der Waals surface area contributed by atoms with Crippen LogP contribution < -0.4 is 16.0 Å². The highest BCUT2D eigenvalue weighted by molar-refractivity contribution is 5.93. The van der Waals surface area contributed by atoms with Gasteiger partial charge in [-0.3, -0.25) is 14.4 Å². The Bertz CT molecular complexity index is 1710. The second-order valence-corrected chi connectivity index (χ2v) is 14.1. The molecular weight excluding hydrogens is 625 g/mol. The SMILES string of the molecule is CN[C@@H](C)CN[C@H](C(=O)N1C[C@@H](NC(=O)c2cn(C)cn2)CC1CN(CCc1ccc(F)cc1)C(=O)c1cn2ccccc2n1)C(C)(C)C. The van der Waals surface area contributed by atoms with Crippen LogP contribution in [0.25, 0.3) is 5.65 Å². The van der Waals surface area contributed by atoms with Crippen molar-refractivity contribution in [2.75, 3.05) is 33.2 Å². The first-order valence-electron chi connectivity index (χ1n) is 16.8. The van der Waals surface area contributed by atoms with Gasteiger partial charge >= 0.3 is 0 Å². The van der Waals surface area contributed by atoms with Gasteiger partial charge in [0, 0.05) is 63.9 Å². The minimum atomic E-state index is -0.516. The smallest absolute Gasteiger partial charge is 0.274 e. The van der Waals surface area contributed by atoms with Gasteiger partial charge in [0.1, 0.15) is 22.9 Å². The van der Waals surface area contributed by atoms with Crippen molar-refractivity contribution in [3.8, 4) is 0 Å². The van der Waals surface area contributed by atoms with Crippen LogP contribution in [0.3, 0.4) is 0 Å². The summed E-state index contributed by atoms with van der Waals surface area (Å²) >= 11 is 0. The third kappa shape index (κ3) is 8.90. The monoisotopic (exact) mass is 673 g/mol. The quantitative estimate of drug-likeness (QED) is 0.199. The zero-order valence-corrected chi connectivity index (χ0v) is 29.2. The highest BCUT2D eigenvalue weighted by Crippen LogP contribution is 2.27. The van der Waals surface area contributed by atoms with E-state index in [4.69, 9.17) is 0 Å². The number of aryl methyl sites for hydroxylation is 1. The number of hydrogen-bond acceptors (Lipinski definition) is 7. The lowest BCUT2D eigenvalue weighted by atomic mass is 9.85. The van der Waals surface area contributed by atoms with Gasteiger partial charge in [-0.05, 0) is 62.1 Å². The third-order valence-corrected chi connectivity index (χ3v) is 9.09. The first-order valence-corrected chi connectivity index (χ1v) is 16.8. The van der Waals surface area contributed by atoms with Gasteiger partial charge in [-0.2, -0.15) is 0 Å². The molecule has 4 heterocycles. The average molecular weight is 674 g/mol. The summed E-state index contributed by atoms with van der Waals surface area (Å²) in [6.45, 7) is 9.54. The van der Waals surface area contributed by atoms with Gasteiger partial charge in [-0.15, -0.1) is 0 Å². The van der Waals surface area contributed by atoms with E-state index >= 15 is 0 Å². The van der Waals surface area contributed by atoms with Crippen LogP contribution in [0.5, 0.6) is 0 Å². The Morgan fingerprint density at radius 2 is 1.84 bits per heavy atom. The molecule has 13 heteroatoms. The maximum Gasteiger partial charge on any atom is 0.274 e. The number of rotatable bonds is 13. The van der Waals surface area contributed by atoms with Crippen molar-refractivity contribution in [3.63, 3.8) is 0 Å². The Morgan fingerprint density at radius 3 is 2.49 bits per heavy atom. The molecular formula is C36H48FN9O3. The number of benzene rings is 1. The number of halogens is 1. The lowest BCUT2D eigenvalue weighted by Crippen LogP contribution is -2.57. The van der Waals surface area contributed by atoms with Crippen molar-refractivity contribution >= 4 is 23.4 Å². The Labute approximate surface area is 287 Å². The zero-order chi connectivity index (χ0) is 35.3. The van der Waals surface area contributed by atoms with Crippen LogP contribution in [-0.4, -0.2) is 104 Å². The van der Waals surface area contributed by atoms with E-state index in [1.165, 1.54) is 12.1 Å². The molecule has 1 aromatic carbocycles. The predicted molar refractivity (Wildman–Crippen MR) is 186 cm³/mol. The van der Waals surface area contributed by atoms with E-state index in [0.717, 1.165) is 5.56 Å². The van der Waals surface area contributed by atoms with Crippen LogP contribution in [0.4, 0.5) is 4.39 Å². The Kier molecular flexibility index (Phi) is 11.1. The maximum atomic E-state index is 14.5. The summed E-state index contributed by atoms with van der Waals surface area (Å²) in [4.78, 5) is 54.2.